The van der Waals surface area contributed by atoms with Gasteiger partial charge in [-0.3, -0.25) is 14.5 Å². The molecule has 30 heavy (non-hydrogen) atoms. The molecule has 2 N–H and O–H groups in total. The summed E-state index contributed by atoms with van der Waals surface area (Å²) < 4.78 is 0. The largest absolute Gasteiger partial charge is 0.360 e. The van der Waals surface area contributed by atoms with Gasteiger partial charge < -0.3 is 10.3 Å². The van der Waals surface area contributed by atoms with Gasteiger partial charge in [-0.2, -0.15) is 0 Å². The lowest BCUT2D eigenvalue weighted by molar-refractivity contribution is -0.112. The molecule has 0 bridgehead atoms. The van der Waals surface area contributed by atoms with E-state index in [4.69, 9.17) is 0 Å². The highest BCUT2D eigenvalue weighted by molar-refractivity contribution is 6.48. The minimum atomic E-state index is -0.616. The third-order valence-electron chi connectivity index (χ3n) is 4.74. The molecule has 1 aromatic heterocycles. The topological polar surface area (TPSA) is 65.2 Å². The standard InChI is InChI=1S/C20H19N3O2.C3H8.C2H6/c1-2-23-11-13-7-8-15(9-14(13)12-23)22-20(25)19(24)17-10-21-18-6-4-3-5-16(17)18;1-3-2;1-2/h3-10,21H,2,11-12H2,1H3,(H,22,25);3H2,1-2H3;1-2H3. The van der Waals surface area contributed by atoms with Crippen LogP contribution in [-0.2, 0) is 17.9 Å². The lowest BCUT2D eigenvalue weighted by Gasteiger charge is -2.09. The molecule has 5 heteroatoms. The first kappa shape index (κ1) is 23.4. The fourth-order valence-corrected chi connectivity index (χ4v) is 3.34. The second-order valence-corrected chi connectivity index (χ2v) is 7.03. The first-order valence-electron chi connectivity index (χ1n) is 10.8. The predicted octanol–water partition coefficient (Wildman–Crippen LogP) is 5.77. The maximum absolute atomic E-state index is 12.5. The second-order valence-electron chi connectivity index (χ2n) is 7.03. The van der Waals surface area contributed by atoms with Crippen molar-refractivity contribution in [2.45, 2.75) is 54.1 Å². The van der Waals surface area contributed by atoms with E-state index >= 15 is 0 Å². The molecule has 0 unspecified atom stereocenters. The molecular formula is C25H33N3O2. The molecule has 2 aromatic carbocycles. The van der Waals surface area contributed by atoms with Crippen LogP contribution in [0.15, 0.2) is 48.7 Å². The number of anilines is 1. The molecule has 0 spiro atoms. The number of rotatable bonds is 4. The molecule has 0 saturated carbocycles. The molecule has 2 heterocycles. The number of carbonyl (C=O) groups excluding carboxylic acids is 2. The van der Waals surface area contributed by atoms with Crippen LogP contribution in [0.25, 0.3) is 10.9 Å². The van der Waals surface area contributed by atoms with Gasteiger partial charge in [-0.15, -0.1) is 0 Å². The Morgan fingerprint density at radius 1 is 1.00 bits per heavy atom. The second kappa shape index (κ2) is 11.3. The van der Waals surface area contributed by atoms with Crippen LogP contribution < -0.4 is 5.32 Å². The van der Waals surface area contributed by atoms with Crippen molar-refractivity contribution < 1.29 is 9.59 Å². The Morgan fingerprint density at radius 2 is 1.67 bits per heavy atom. The number of para-hydroxylation sites is 1. The van der Waals surface area contributed by atoms with Gasteiger partial charge in [0.15, 0.2) is 0 Å². The molecule has 5 nitrogen and oxygen atoms in total. The van der Waals surface area contributed by atoms with Gasteiger partial charge in [0.1, 0.15) is 0 Å². The Morgan fingerprint density at radius 3 is 2.37 bits per heavy atom. The number of aromatic nitrogens is 1. The highest BCUT2D eigenvalue weighted by atomic mass is 16.2. The van der Waals surface area contributed by atoms with Crippen molar-refractivity contribution in [2.24, 2.45) is 0 Å². The SMILES string of the molecule is CC.CCC.CCN1Cc2ccc(NC(=O)C(=O)c3c[nH]c4ccccc34)cc2C1. The molecule has 0 atom stereocenters. The summed E-state index contributed by atoms with van der Waals surface area (Å²) in [5.74, 6) is -1.15. The lowest BCUT2D eigenvalue weighted by Crippen LogP contribution is -2.22. The normalized spacial score (nSPS) is 12.3. The Kier molecular flexibility index (Phi) is 8.81. The van der Waals surface area contributed by atoms with E-state index in [0.717, 1.165) is 30.5 Å². The number of nitrogens with zero attached hydrogens (tertiary/aromatic N) is 1. The maximum Gasteiger partial charge on any atom is 0.296 e. The molecule has 1 amide bonds. The van der Waals surface area contributed by atoms with Gasteiger partial charge in [-0.05, 0) is 35.9 Å². The predicted molar refractivity (Wildman–Crippen MR) is 125 cm³/mol. The minimum Gasteiger partial charge on any atom is -0.360 e. The number of amides is 1. The molecule has 0 saturated heterocycles. The van der Waals surface area contributed by atoms with E-state index in [-0.39, 0.29) is 0 Å². The van der Waals surface area contributed by atoms with Crippen LogP contribution in [0.1, 0.15) is 62.5 Å². The van der Waals surface area contributed by atoms with Gasteiger partial charge in [-0.25, -0.2) is 0 Å². The van der Waals surface area contributed by atoms with Gasteiger partial charge in [0.25, 0.3) is 11.7 Å². The highest BCUT2D eigenvalue weighted by Crippen LogP contribution is 2.26. The Hall–Kier alpha value is -2.92. The summed E-state index contributed by atoms with van der Waals surface area (Å²) in [6.07, 6.45) is 2.84. The van der Waals surface area contributed by atoms with Crippen LogP contribution >= 0.6 is 0 Å². The van der Waals surface area contributed by atoms with Crippen LogP contribution in [0.3, 0.4) is 0 Å². The minimum absolute atomic E-state index is 0.395. The van der Waals surface area contributed by atoms with E-state index in [0.29, 0.717) is 11.3 Å². The van der Waals surface area contributed by atoms with E-state index < -0.39 is 11.7 Å². The Bertz CT molecular complexity index is 991. The van der Waals surface area contributed by atoms with Crippen molar-refractivity contribution in [1.82, 2.24) is 9.88 Å². The monoisotopic (exact) mass is 407 g/mol. The quantitative estimate of drug-likeness (QED) is 0.426. The third kappa shape index (κ3) is 5.36. The molecule has 0 radical (unpaired) electrons. The number of fused-ring (bicyclic) bond motifs is 2. The summed E-state index contributed by atoms with van der Waals surface area (Å²) in [5, 5.41) is 3.50. The fourth-order valence-electron chi connectivity index (χ4n) is 3.34. The number of aromatic amines is 1. The number of hydrogen-bond donors (Lipinski definition) is 2. The molecular weight excluding hydrogens is 374 g/mol. The summed E-state index contributed by atoms with van der Waals surface area (Å²) in [5.41, 5.74) is 4.39. The number of Topliss-reactive ketones (excluding diaryl/α,β-unsaturated/α-hetero) is 1. The van der Waals surface area contributed by atoms with E-state index in [9.17, 15) is 9.59 Å². The molecule has 160 valence electrons. The van der Waals surface area contributed by atoms with Gasteiger partial charge in [0.2, 0.25) is 0 Å². The number of carbonyl (C=O) groups is 2. The number of nitrogens with one attached hydrogen (secondary N) is 2. The van der Waals surface area contributed by atoms with Gasteiger partial charge >= 0.3 is 0 Å². The summed E-state index contributed by atoms with van der Waals surface area (Å²) >= 11 is 0. The first-order chi connectivity index (χ1) is 14.6. The number of H-pyrrole nitrogens is 1. The average molecular weight is 408 g/mol. The van der Waals surface area contributed by atoms with Gasteiger partial charge in [-0.1, -0.05) is 65.3 Å². The van der Waals surface area contributed by atoms with Crippen LogP contribution in [-0.4, -0.2) is 28.1 Å². The van der Waals surface area contributed by atoms with Crippen LogP contribution in [0, 0.1) is 0 Å². The molecule has 0 fully saturated rings. The first-order valence-corrected chi connectivity index (χ1v) is 10.8. The number of ketones is 1. The van der Waals surface area contributed by atoms with Crippen molar-refractivity contribution in [3.8, 4) is 0 Å². The van der Waals surface area contributed by atoms with E-state index in [2.05, 4.69) is 36.0 Å². The lowest BCUT2D eigenvalue weighted by atomic mass is 10.1. The third-order valence-corrected chi connectivity index (χ3v) is 4.74. The molecule has 1 aliphatic heterocycles. The fraction of sp³-hybridized carbons (Fsp3) is 0.360. The maximum atomic E-state index is 12.5. The molecule has 4 rings (SSSR count). The summed E-state index contributed by atoms with van der Waals surface area (Å²) in [4.78, 5) is 30.3. The van der Waals surface area contributed by atoms with E-state index in [1.807, 2.05) is 56.3 Å². The average Bonchev–Trinajstić information content (AvgIpc) is 3.38. The van der Waals surface area contributed by atoms with Crippen LogP contribution in [0.2, 0.25) is 0 Å². The summed E-state index contributed by atoms with van der Waals surface area (Å²) in [6.45, 7) is 13.2. The molecule has 1 aliphatic rings. The zero-order valence-corrected chi connectivity index (χ0v) is 18.7. The molecule has 3 aromatic rings. The summed E-state index contributed by atoms with van der Waals surface area (Å²) in [7, 11) is 0. The van der Waals surface area contributed by atoms with Crippen molar-refractivity contribution in [1.29, 1.82) is 0 Å². The van der Waals surface area contributed by atoms with Crippen molar-refractivity contribution in [2.75, 3.05) is 11.9 Å². The smallest absolute Gasteiger partial charge is 0.296 e. The Balaban J connectivity index is 0.000000590. The van der Waals surface area contributed by atoms with Gasteiger partial charge in [0, 0.05) is 35.9 Å². The zero-order valence-electron chi connectivity index (χ0n) is 18.7. The van der Waals surface area contributed by atoms with Crippen molar-refractivity contribution in [3.63, 3.8) is 0 Å². The van der Waals surface area contributed by atoms with Crippen molar-refractivity contribution >= 4 is 28.3 Å². The molecule has 0 aliphatic carbocycles. The zero-order chi connectivity index (χ0) is 22.1. The van der Waals surface area contributed by atoms with E-state index in [1.165, 1.54) is 17.5 Å². The number of hydrogen-bond acceptors (Lipinski definition) is 3. The van der Waals surface area contributed by atoms with Gasteiger partial charge in [0.05, 0.1) is 5.56 Å². The number of benzene rings is 2. The van der Waals surface area contributed by atoms with E-state index in [1.54, 1.807) is 6.20 Å². The van der Waals surface area contributed by atoms with Crippen LogP contribution in [0.5, 0.6) is 0 Å². The highest BCUT2D eigenvalue weighted by Gasteiger charge is 2.21. The van der Waals surface area contributed by atoms with Crippen LogP contribution in [0.4, 0.5) is 5.69 Å². The Labute approximate surface area is 179 Å². The summed E-state index contributed by atoms with van der Waals surface area (Å²) in [6, 6.07) is 13.3. The van der Waals surface area contributed by atoms with Crippen molar-refractivity contribution in [3.05, 3.63) is 65.4 Å².